The average Bonchev–Trinajstić information content (AvgIpc) is 3.08. The Bertz CT molecular complexity index is 946. The smallest absolute Gasteiger partial charge is 0.223 e. The summed E-state index contributed by atoms with van der Waals surface area (Å²) in [5, 5.41) is 15.6. The van der Waals surface area contributed by atoms with E-state index in [0.29, 0.717) is 6.54 Å². The second-order valence-electron chi connectivity index (χ2n) is 6.81. The van der Waals surface area contributed by atoms with Crippen LogP contribution in [0.4, 0.5) is 10.2 Å². The fourth-order valence-corrected chi connectivity index (χ4v) is 3.36. The predicted octanol–water partition coefficient (Wildman–Crippen LogP) is 2.10. The third-order valence-corrected chi connectivity index (χ3v) is 4.97. The lowest BCUT2D eigenvalue weighted by atomic mass is 9.96. The van der Waals surface area contributed by atoms with Crippen molar-refractivity contribution < 1.29 is 9.18 Å². The van der Waals surface area contributed by atoms with Crippen LogP contribution in [0.2, 0.25) is 0 Å². The highest BCUT2D eigenvalue weighted by Crippen LogP contribution is 2.22. The number of benzene rings is 1. The number of piperidine rings is 1. The maximum atomic E-state index is 12.9. The monoisotopic (exact) mass is 368 g/mol. The van der Waals surface area contributed by atoms with E-state index in [1.54, 1.807) is 16.6 Å². The molecule has 8 heteroatoms. The van der Waals surface area contributed by atoms with Gasteiger partial charge in [0.1, 0.15) is 11.6 Å². The van der Waals surface area contributed by atoms with E-state index >= 15 is 0 Å². The van der Waals surface area contributed by atoms with Crippen LogP contribution in [-0.4, -0.2) is 38.8 Å². The normalized spacial score (nSPS) is 15.3. The Hall–Kier alpha value is -3.03. The summed E-state index contributed by atoms with van der Waals surface area (Å²) < 4.78 is 14.7. The maximum absolute atomic E-state index is 12.9. The van der Waals surface area contributed by atoms with E-state index in [1.165, 1.54) is 12.1 Å². The number of carbonyl (C=O) groups excluding carboxylic acids is 1. The number of nitrogens with one attached hydrogen (secondary N) is 1. The standard InChI is InChI=1S/C19H21FN6O/c1-13-22-23-17-6-7-18(24-26(13)17)25-10-8-15(9-11-25)19(27)21-12-14-2-4-16(20)5-3-14/h2-7,15H,8-12H2,1H3,(H,21,27). The number of rotatable bonds is 4. The summed E-state index contributed by atoms with van der Waals surface area (Å²) in [4.78, 5) is 14.6. The van der Waals surface area contributed by atoms with Crippen molar-refractivity contribution in [3.63, 3.8) is 0 Å². The minimum Gasteiger partial charge on any atom is -0.355 e. The van der Waals surface area contributed by atoms with Gasteiger partial charge in [0.15, 0.2) is 11.5 Å². The molecule has 0 saturated carbocycles. The number of halogens is 1. The Morgan fingerprint density at radius 2 is 1.89 bits per heavy atom. The predicted molar refractivity (Wildman–Crippen MR) is 98.7 cm³/mol. The molecule has 3 aromatic rings. The van der Waals surface area contributed by atoms with Gasteiger partial charge in [0.05, 0.1) is 0 Å². The molecule has 7 nitrogen and oxygen atoms in total. The fraction of sp³-hybridized carbons (Fsp3) is 0.368. The van der Waals surface area contributed by atoms with E-state index in [9.17, 15) is 9.18 Å². The first kappa shape index (κ1) is 17.4. The SMILES string of the molecule is Cc1nnc2ccc(N3CCC(C(=O)NCc4ccc(F)cc4)CC3)nn12. The summed E-state index contributed by atoms with van der Waals surface area (Å²) in [5.74, 6) is 1.39. The number of nitrogens with zero attached hydrogens (tertiary/aromatic N) is 5. The molecule has 2 aromatic heterocycles. The summed E-state index contributed by atoms with van der Waals surface area (Å²) >= 11 is 0. The molecule has 0 bridgehead atoms. The molecule has 3 heterocycles. The zero-order valence-electron chi connectivity index (χ0n) is 15.1. The summed E-state index contributed by atoms with van der Waals surface area (Å²) in [6.45, 7) is 3.83. The van der Waals surface area contributed by atoms with Gasteiger partial charge in [-0.1, -0.05) is 12.1 Å². The summed E-state index contributed by atoms with van der Waals surface area (Å²) in [6, 6.07) is 10.0. The lowest BCUT2D eigenvalue weighted by Crippen LogP contribution is -2.40. The first-order valence-corrected chi connectivity index (χ1v) is 9.06. The second kappa shape index (κ2) is 7.30. The van der Waals surface area contributed by atoms with E-state index < -0.39 is 0 Å². The maximum Gasteiger partial charge on any atom is 0.223 e. The third-order valence-electron chi connectivity index (χ3n) is 4.97. The molecule has 1 saturated heterocycles. The zero-order chi connectivity index (χ0) is 18.8. The number of hydrogen-bond donors (Lipinski definition) is 1. The highest BCUT2D eigenvalue weighted by molar-refractivity contribution is 5.79. The van der Waals surface area contributed by atoms with Gasteiger partial charge in [-0.3, -0.25) is 4.79 Å². The van der Waals surface area contributed by atoms with Crippen LogP contribution in [0.25, 0.3) is 5.65 Å². The lowest BCUT2D eigenvalue weighted by molar-refractivity contribution is -0.125. The number of aromatic nitrogens is 4. The topological polar surface area (TPSA) is 75.4 Å². The number of fused-ring (bicyclic) bond motifs is 1. The van der Waals surface area contributed by atoms with Crippen LogP contribution in [-0.2, 0) is 11.3 Å². The average molecular weight is 368 g/mol. The van der Waals surface area contributed by atoms with Gasteiger partial charge in [0.25, 0.3) is 0 Å². The van der Waals surface area contributed by atoms with Crippen molar-refractivity contribution in [1.82, 2.24) is 25.1 Å². The second-order valence-corrected chi connectivity index (χ2v) is 6.81. The quantitative estimate of drug-likeness (QED) is 0.763. The third kappa shape index (κ3) is 3.74. The number of carbonyl (C=O) groups is 1. The molecule has 0 spiro atoms. The van der Waals surface area contributed by atoms with Crippen LogP contribution in [0.3, 0.4) is 0 Å². The van der Waals surface area contributed by atoms with Crippen LogP contribution in [0.1, 0.15) is 24.2 Å². The Labute approximate surface area is 156 Å². The van der Waals surface area contributed by atoms with Gasteiger partial charge < -0.3 is 10.2 Å². The van der Waals surface area contributed by atoms with Crippen molar-refractivity contribution in [3.8, 4) is 0 Å². The van der Waals surface area contributed by atoms with Crippen LogP contribution in [0.15, 0.2) is 36.4 Å². The van der Waals surface area contributed by atoms with Gasteiger partial charge in [-0.15, -0.1) is 15.3 Å². The van der Waals surface area contributed by atoms with Gasteiger partial charge in [-0.2, -0.15) is 4.52 Å². The van der Waals surface area contributed by atoms with Crippen LogP contribution < -0.4 is 10.2 Å². The molecular formula is C19H21FN6O. The molecule has 0 atom stereocenters. The van der Waals surface area contributed by atoms with Gasteiger partial charge in [0, 0.05) is 25.6 Å². The largest absolute Gasteiger partial charge is 0.355 e. The number of amides is 1. The molecule has 1 aromatic carbocycles. The first-order chi connectivity index (χ1) is 13.1. The van der Waals surface area contributed by atoms with Crippen molar-refractivity contribution >= 4 is 17.4 Å². The lowest BCUT2D eigenvalue weighted by Gasteiger charge is -2.32. The van der Waals surface area contributed by atoms with Gasteiger partial charge in [-0.25, -0.2) is 4.39 Å². The van der Waals surface area contributed by atoms with Gasteiger partial charge >= 0.3 is 0 Å². The molecule has 0 aliphatic carbocycles. The zero-order valence-corrected chi connectivity index (χ0v) is 15.1. The Morgan fingerprint density at radius 3 is 2.63 bits per heavy atom. The van der Waals surface area contributed by atoms with Crippen molar-refractivity contribution in [2.75, 3.05) is 18.0 Å². The van der Waals surface area contributed by atoms with E-state index in [2.05, 4.69) is 25.5 Å². The molecular weight excluding hydrogens is 347 g/mol. The molecule has 0 unspecified atom stereocenters. The fourth-order valence-electron chi connectivity index (χ4n) is 3.36. The molecule has 140 valence electrons. The molecule has 1 aliphatic rings. The van der Waals surface area contributed by atoms with Crippen molar-refractivity contribution in [3.05, 3.63) is 53.6 Å². The number of hydrogen-bond acceptors (Lipinski definition) is 5. The van der Waals surface area contributed by atoms with E-state index in [0.717, 1.165) is 48.8 Å². The molecule has 1 amide bonds. The van der Waals surface area contributed by atoms with Crippen LogP contribution in [0.5, 0.6) is 0 Å². The summed E-state index contributed by atoms with van der Waals surface area (Å²) in [6.07, 6.45) is 1.55. The molecule has 1 aliphatic heterocycles. The van der Waals surface area contributed by atoms with Crippen molar-refractivity contribution in [2.24, 2.45) is 5.92 Å². The van der Waals surface area contributed by atoms with Gasteiger partial charge in [-0.05, 0) is 49.6 Å². The molecule has 27 heavy (non-hydrogen) atoms. The molecule has 1 fully saturated rings. The molecule has 1 N–H and O–H groups in total. The minimum absolute atomic E-state index is 0.0120. The minimum atomic E-state index is -0.272. The van der Waals surface area contributed by atoms with E-state index in [4.69, 9.17) is 0 Å². The number of anilines is 1. The van der Waals surface area contributed by atoms with Gasteiger partial charge in [0.2, 0.25) is 5.91 Å². The van der Waals surface area contributed by atoms with Crippen molar-refractivity contribution in [2.45, 2.75) is 26.3 Å². The Balaban J connectivity index is 1.33. The highest BCUT2D eigenvalue weighted by Gasteiger charge is 2.25. The van der Waals surface area contributed by atoms with E-state index in [-0.39, 0.29) is 17.6 Å². The number of aryl methyl sites for hydroxylation is 1. The van der Waals surface area contributed by atoms with Crippen molar-refractivity contribution in [1.29, 1.82) is 0 Å². The Morgan fingerprint density at radius 1 is 1.15 bits per heavy atom. The Kier molecular flexibility index (Phi) is 4.70. The first-order valence-electron chi connectivity index (χ1n) is 9.06. The summed E-state index contributed by atoms with van der Waals surface area (Å²) in [7, 11) is 0. The highest BCUT2D eigenvalue weighted by atomic mass is 19.1. The molecule has 4 rings (SSSR count). The van der Waals surface area contributed by atoms with Crippen LogP contribution in [0, 0.1) is 18.7 Å². The van der Waals surface area contributed by atoms with E-state index in [1.807, 2.05) is 19.1 Å². The molecule has 0 radical (unpaired) electrons. The summed E-state index contributed by atoms with van der Waals surface area (Å²) in [5.41, 5.74) is 1.62. The van der Waals surface area contributed by atoms with Crippen LogP contribution >= 0.6 is 0 Å².